The number of ether oxygens (including phenoxy) is 1. The molecule has 1 unspecified atom stereocenters. The third kappa shape index (κ3) is 4.36. The van der Waals surface area contributed by atoms with E-state index in [1.54, 1.807) is 6.20 Å². The zero-order chi connectivity index (χ0) is 18.6. The molecule has 0 radical (unpaired) electrons. The Bertz CT molecular complexity index is 942. The highest BCUT2D eigenvalue weighted by Crippen LogP contribution is 2.31. The van der Waals surface area contributed by atoms with Gasteiger partial charge in [-0.15, -0.1) is 0 Å². The molecule has 138 valence electrons. The van der Waals surface area contributed by atoms with Crippen molar-refractivity contribution in [3.63, 3.8) is 0 Å². The Labute approximate surface area is 170 Å². The monoisotopic (exact) mass is 443 g/mol. The third-order valence-electron chi connectivity index (χ3n) is 4.34. The van der Waals surface area contributed by atoms with E-state index in [1.165, 1.54) is 11.8 Å². The van der Waals surface area contributed by atoms with E-state index < -0.39 is 0 Å². The Morgan fingerprint density at radius 1 is 1.26 bits per heavy atom. The van der Waals surface area contributed by atoms with Gasteiger partial charge >= 0.3 is 0 Å². The average molecular weight is 444 g/mol. The number of aromatic amines is 1. The lowest BCUT2D eigenvalue weighted by Gasteiger charge is -2.26. The summed E-state index contributed by atoms with van der Waals surface area (Å²) in [6.07, 6.45) is 2.57. The molecule has 0 aliphatic carbocycles. The van der Waals surface area contributed by atoms with Crippen molar-refractivity contribution in [2.45, 2.75) is 17.6 Å². The highest BCUT2D eigenvalue weighted by atomic mass is 79.9. The number of para-hydroxylation sites is 1. The number of hydrogen-bond acceptors (Lipinski definition) is 4. The van der Waals surface area contributed by atoms with Crippen molar-refractivity contribution in [1.29, 1.82) is 0 Å². The number of hydrogen-bond donors (Lipinski definition) is 2. The van der Waals surface area contributed by atoms with Gasteiger partial charge in [0.25, 0.3) is 0 Å². The largest absolute Gasteiger partial charge is 0.493 e. The van der Waals surface area contributed by atoms with E-state index in [1.807, 2.05) is 48.5 Å². The molecule has 1 amide bonds. The molecule has 0 bridgehead atoms. The van der Waals surface area contributed by atoms with E-state index in [-0.39, 0.29) is 11.9 Å². The summed E-state index contributed by atoms with van der Waals surface area (Å²) < 4.78 is 6.68. The lowest BCUT2D eigenvalue weighted by atomic mass is 10.0. The first-order chi connectivity index (χ1) is 13.2. The molecule has 2 N–H and O–H groups in total. The highest BCUT2D eigenvalue weighted by Gasteiger charge is 2.22. The Hall–Kier alpha value is -2.25. The average Bonchev–Trinajstić information content (AvgIpc) is 3.16. The minimum atomic E-state index is -0.0108. The number of amides is 1. The fourth-order valence-electron chi connectivity index (χ4n) is 3.01. The molecule has 4 rings (SSSR count). The number of H-pyrrole nitrogens is 1. The lowest BCUT2D eigenvalue weighted by molar-refractivity contribution is -0.119. The Morgan fingerprint density at radius 2 is 2.07 bits per heavy atom. The number of nitrogens with one attached hydrogen (secondary N) is 2. The van der Waals surface area contributed by atoms with Crippen molar-refractivity contribution in [2.24, 2.45) is 0 Å². The van der Waals surface area contributed by atoms with Crippen LogP contribution < -0.4 is 10.1 Å². The number of carbonyl (C=O) groups is 1. The molecular formula is C20H18BrN3O2S. The number of rotatable bonds is 5. The topological polar surface area (TPSA) is 67.0 Å². The molecule has 0 saturated carbocycles. The number of aromatic nitrogens is 2. The van der Waals surface area contributed by atoms with Crippen LogP contribution in [0.5, 0.6) is 5.75 Å². The van der Waals surface area contributed by atoms with Crippen molar-refractivity contribution in [2.75, 3.05) is 12.4 Å². The minimum Gasteiger partial charge on any atom is -0.493 e. The summed E-state index contributed by atoms with van der Waals surface area (Å²) in [5, 5.41) is 3.84. The van der Waals surface area contributed by atoms with Gasteiger partial charge in [0, 0.05) is 16.5 Å². The van der Waals surface area contributed by atoms with Crippen LogP contribution >= 0.6 is 27.7 Å². The SMILES string of the molecule is O=C(CSc1ncc(-c2ccc(Br)cc2)[nH]1)NC1CCOc2ccccc21. The molecule has 1 aliphatic rings. The summed E-state index contributed by atoms with van der Waals surface area (Å²) in [6.45, 7) is 0.615. The Balaban J connectivity index is 1.34. The van der Waals surface area contributed by atoms with Crippen LogP contribution in [0.2, 0.25) is 0 Å². The van der Waals surface area contributed by atoms with E-state index in [9.17, 15) is 4.79 Å². The quantitative estimate of drug-likeness (QED) is 0.566. The molecule has 27 heavy (non-hydrogen) atoms. The first-order valence-electron chi connectivity index (χ1n) is 8.64. The second-order valence-electron chi connectivity index (χ2n) is 6.19. The van der Waals surface area contributed by atoms with Gasteiger partial charge < -0.3 is 15.0 Å². The molecule has 0 spiro atoms. The fraction of sp³-hybridized carbons (Fsp3) is 0.200. The zero-order valence-corrected chi connectivity index (χ0v) is 16.8. The molecule has 2 heterocycles. The van der Waals surface area contributed by atoms with Crippen LogP contribution in [0.25, 0.3) is 11.3 Å². The predicted octanol–water partition coefficient (Wildman–Crippen LogP) is 4.57. The minimum absolute atomic E-state index is 0.00187. The summed E-state index contributed by atoms with van der Waals surface area (Å²) in [5.41, 5.74) is 3.03. The number of carbonyl (C=O) groups excluding carboxylic acids is 1. The van der Waals surface area contributed by atoms with Gasteiger partial charge in [0.05, 0.1) is 30.3 Å². The summed E-state index contributed by atoms with van der Waals surface area (Å²) in [6, 6.07) is 15.9. The second kappa shape index (κ2) is 8.19. The van der Waals surface area contributed by atoms with Crippen LogP contribution in [0, 0.1) is 0 Å². The van der Waals surface area contributed by atoms with Crippen molar-refractivity contribution in [3.05, 3.63) is 64.8 Å². The molecule has 7 heteroatoms. The van der Waals surface area contributed by atoms with Gasteiger partial charge in [-0.3, -0.25) is 4.79 Å². The van der Waals surface area contributed by atoms with Crippen molar-refractivity contribution < 1.29 is 9.53 Å². The second-order valence-corrected chi connectivity index (χ2v) is 8.07. The summed E-state index contributed by atoms with van der Waals surface area (Å²) >= 11 is 4.83. The Kier molecular flexibility index (Phi) is 5.50. The predicted molar refractivity (Wildman–Crippen MR) is 110 cm³/mol. The van der Waals surface area contributed by atoms with Gasteiger partial charge in [0.2, 0.25) is 5.91 Å². The first-order valence-corrected chi connectivity index (χ1v) is 10.4. The Morgan fingerprint density at radius 3 is 2.93 bits per heavy atom. The standard InChI is InChI=1S/C20H18BrN3O2S/c21-14-7-5-13(6-8-14)17-11-22-20(24-17)27-12-19(25)23-16-9-10-26-18-4-2-1-3-15(16)18/h1-8,11,16H,9-10,12H2,(H,22,24)(H,23,25). The van der Waals surface area contributed by atoms with Crippen molar-refractivity contribution >= 4 is 33.6 Å². The summed E-state index contributed by atoms with van der Waals surface area (Å²) in [5.74, 6) is 1.16. The van der Waals surface area contributed by atoms with Crippen LogP contribution in [0.1, 0.15) is 18.0 Å². The molecule has 1 atom stereocenters. The van der Waals surface area contributed by atoms with Gasteiger partial charge in [-0.2, -0.15) is 0 Å². The normalized spacial score (nSPS) is 15.7. The number of nitrogens with zero attached hydrogens (tertiary/aromatic N) is 1. The van der Waals surface area contributed by atoms with E-state index in [0.29, 0.717) is 12.4 Å². The zero-order valence-electron chi connectivity index (χ0n) is 14.4. The molecule has 0 saturated heterocycles. The highest BCUT2D eigenvalue weighted by molar-refractivity contribution is 9.10. The molecule has 3 aromatic rings. The molecular weight excluding hydrogens is 426 g/mol. The number of benzene rings is 2. The fourth-order valence-corrected chi connectivity index (χ4v) is 3.94. The van der Waals surface area contributed by atoms with E-state index in [0.717, 1.165) is 38.6 Å². The first kappa shape index (κ1) is 18.1. The maximum atomic E-state index is 12.4. The molecule has 5 nitrogen and oxygen atoms in total. The van der Waals surface area contributed by atoms with Crippen molar-refractivity contribution in [1.82, 2.24) is 15.3 Å². The van der Waals surface area contributed by atoms with Gasteiger partial charge in [-0.25, -0.2) is 4.98 Å². The van der Waals surface area contributed by atoms with Gasteiger partial charge in [-0.05, 0) is 23.8 Å². The number of halogens is 1. The maximum absolute atomic E-state index is 12.4. The van der Waals surface area contributed by atoms with Crippen LogP contribution in [0.3, 0.4) is 0 Å². The van der Waals surface area contributed by atoms with E-state index >= 15 is 0 Å². The van der Waals surface area contributed by atoms with E-state index in [2.05, 4.69) is 31.2 Å². The lowest BCUT2D eigenvalue weighted by Crippen LogP contribution is -2.33. The summed E-state index contributed by atoms with van der Waals surface area (Å²) in [4.78, 5) is 20.0. The van der Waals surface area contributed by atoms with Gasteiger partial charge in [-0.1, -0.05) is 58.0 Å². The smallest absolute Gasteiger partial charge is 0.230 e. The summed E-state index contributed by atoms with van der Waals surface area (Å²) in [7, 11) is 0. The van der Waals surface area contributed by atoms with Crippen LogP contribution in [0.4, 0.5) is 0 Å². The third-order valence-corrected chi connectivity index (χ3v) is 5.76. The van der Waals surface area contributed by atoms with Crippen molar-refractivity contribution in [3.8, 4) is 17.0 Å². The number of thioether (sulfide) groups is 1. The van der Waals surface area contributed by atoms with Gasteiger partial charge in [0.15, 0.2) is 5.16 Å². The van der Waals surface area contributed by atoms with Crippen LogP contribution in [0.15, 0.2) is 64.4 Å². The van der Waals surface area contributed by atoms with Crippen LogP contribution in [-0.2, 0) is 4.79 Å². The number of imidazole rings is 1. The number of fused-ring (bicyclic) bond motifs is 1. The molecule has 1 aromatic heterocycles. The molecule has 1 aliphatic heterocycles. The maximum Gasteiger partial charge on any atom is 0.230 e. The van der Waals surface area contributed by atoms with Gasteiger partial charge in [0.1, 0.15) is 5.75 Å². The molecule has 2 aromatic carbocycles. The van der Waals surface area contributed by atoms with Crippen LogP contribution in [-0.4, -0.2) is 28.2 Å². The molecule has 0 fully saturated rings. The van der Waals surface area contributed by atoms with E-state index in [4.69, 9.17) is 4.74 Å².